The van der Waals surface area contributed by atoms with Crippen LogP contribution in [0.2, 0.25) is 0 Å². The molecule has 0 saturated heterocycles. The number of methoxy groups -OCH3 is 2. The highest BCUT2D eigenvalue weighted by atomic mass is 16.5. The first kappa shape index (κ1) is 27.1. The van der Waals surface area contributed by atoms with Gasteiger partial charge in [-0.2, -0.15) is 0 Å². The number of nitrogens with zero attached hydrogens (tertiary/aromatic N) is 1. The lowest BCUT2D eigenvalue weighted by Gasteiger charge is -2.30. The van der Waals surface area contributed by atoms with Crippen LogP contribution in [-0.4, -0.2) is 33.6 Å². The highest BCUT2D eigenvalue weighted by Gasteiger charge is 2.31. The molecular formula is C35H35NO4. The molecule has 0 saturated carbocycles. The Kier molecular flexibility index (Phi) is 8.50. The van der Waals surface area contributed by atoms with Crippen LogP contribution < -0.4 is 18.9 Å². The van der Waals surface area contributed by atoms with Crippen LogP contribution in [0.25, 0.3) is 5.76 Å². The Balaban J connectivity index is 1.55. The minimum Gasteiger partial charge on any atom is -0.494 e. The van der Waals surface area contributed by atoms with Crippen LogP contribution in [0.3, 0.4) is 0 Å². The summed E-state index contributed by atoms with van der Waals surface area (Å²) in [6.45, 7) is 5.40. The lowest BCUT2D eigenvalue weighted by Crippen LogP contribution is -2.18. The third kappa shape index (κ3) is 5.74. The van der Waals surface area contributed by atoms with Gasteiger partial charge in [0.1, 0.15) is 17.3 Å². The largest absolute Gasteiger partial charge is 0.494 e. The fraction of sp³-hybridized carbons (Fsp3) is 0.229. The van der Waals surface area contributed by atoms with Crippen molar-refractivity contribution in [2.75, 3.05) is 27.4 Å². The quantitative estimate of drug-likeness (QED) is 0.196. The van der Waals surface area contributed by atoms with Crippen LogP contribution in [0.5, 0.6) is 23.0 Å². The topological polar surface area (TPSA) is 49.3 Å². The Labute approximate surface area is 236 Å². The maximum absolute atomic E-state index is 6.61. The highest BCUT2D eigenvalue weighted by Crippen LogP contribution is 2.46. The molecule has 0 unspecified atom stereocenters. The van der Waals surface area contributed by atoms with Crippen LogP contribution in [0.1, 0.15) is 40.7 Å². The second kappa shape index (κ2) is 12.6. The Morgan fingerprint density at radius 3 is 2.27 bits per heavy atom. The zero-order chi connectivity index (χ0) is 27.9. The summed E-state index contributed by atoms with van der Waals surface area (Å²) in [5.41, 5.74) is 6.75. The number of ether oxygens (including phenoxy) is 4. The molecule has 0 fully saturated rings. The van der Waals surface area contributed by atoms with Gasteiger partial charge in [0.05, 0.1) is 20.8 Å². The molecule has 1 heterocycles. The molecule has 0 radical (unpaired) electrons. The number of para-hydroxylation sites is 1. The number of hydrogen-bond donors (Lipinski definition) is 0. The lowest BCUT2D eigenvalue weighted by molar-refractivity contribution is 0.340. The van der Waals surface area contributed by atoms with Crippen molar-refractivity contribution in [2.24, 2.45) is 4.99 Å². The molecule has 204 valence electrons. The number of hydrogen-bond acceptors (Lipinski definition) is 5. The fourth-order valence-electron chi connectivity index (χ4n) is 5.15. The first-order valence-electron chi connectivity index (χ1n) is 13.6. The van der Waals surface area contributed by atoms with E-state index in [-0.39, 0.29) is 5.92 Å². The number of allylic oxidation sites excluding steroid dienone is 1. The average Bonchev–Trinajstić information content (AvgIpc) is 2.99. The predicted molar refractivity (Wildman–Crippen MR) is 161 cm³/mol. The molecule has 5 rings (SSSR count). The van der Waals surface area contributed by atoms with Crippen molar-refractivity contribution in [1.29, 1.82) is 0 Å². The summed E-state index contributed by atoms with van der Waals surface area (Å²) in [5, 5.41) is 0. The second-order valence-corrected chi connectivity index (χ2v) is 9.65. The van der Waals surface area contributed by atoms with Gasteiger partial charge in [-0.1, -0.05) is 48.5 Å². The molecule has 1 atom stereocenters. The second-order valence-electron chi connectivity index (χ2n) is 9.65. The van der Waals surface area contributed by atoms with Crippen molar-refractivity contribution >= 4 is 12.0 Å². The van der Waals surface area contributed by atoms with E-state index < -0.39 is 0 Å². The molecule has 4 aromatic rings. The van der Waals surface area contributed by atoms with Crippen LogP contribution in [0, 0.1) is 6.92 Å². The van der Waals surface area contributed by atoms with Gasteiger partial charge < -0.3 is 18.9 Å². The smallest absolute Gasteiger partial charge is 0.160 e. The third-order valence-electron chi connectivity index (χ3n) is 7.15. The lowest BCUT2D eigenvalue weighted by atomic mass is 9.80. The van der Waals surface area contributed by atoms with Crippen LogP contribution in [0.15, 0.2) is 102 Å². The molecule has 5 nitrogen and oxygen atoms in total. The first-order valence-corrected chi connectivity index (χ1v) is 13.6. The predicted octanol–water partition coefficient (Wildman–Crippen LogP) is 7.66. The molecule has 0 N–H and O–H groups in total. The molecular weight excluding hydrogens is 498 g/mol. The minimum absolute atomic E-state index is 0.0162. The zero-order valence-corrected chi connectivity index (χ0v) is 23.5. The number of fused-ring (bicyclic) bond motifs is 1. The van der Waals surface area contributed by atoms with E-state index in [2.05, 4.69) is 61.5 Å². The monoisotopic (exact) mass is 533 g/mol. The van der Waals surface area contributed by atoms with E-state index in [0.29, 0.717) is 13.2 Å². The highest BCUT2D eigenvalue weighted by molar-refractivity contribution is 5.94. The Morgan fingerprint density at radius 2 is 1.55 bits per heavy atom. The van der Waals surface area contributed by atoms with Crippen molar-refractivity contribution in [3.63, 3.8) is 0 Å². The van der Waals surface area contributed by atoms with Gasteiger partial charge in [-0.25, -0.2) is 0 Å². The van der Waals surface area contributed by atoms with Crippen molar-refractivity contribution in [3.8, 4) is 23.0 Å². The molecule has 0 aliphatic carbocycles. The Hall–Kier alpha value is -4.51. The Morgan fingerprint density at radius 1 is 0.825 bits per heavy atom. The molecule has 0 spiro atoms. The SMILES string of the molecule is CCOc1ccc(C2=C(C=NCCc3ccc(OC)c(OC)c3)[C@H](c3ccccc3C)c3ccccc3O2)cc1. The van der Waals surface area contributed by atoms with Crippen molar-refractivity contribution in [1.82, 2.24) is 0 Å². The van der Waals surface area contributed by atoms with Gasteiger partial charge >= 0.3 is 0 Å². The van der Waals surface area contributed by atoms with Crippen molar-refractivity contribution in [3.05, 3.63) is 124 Å². The molecule has 4 aromatic carbocycles. The first-order chi connectivity index (χ1) is 19.6. The summed E-state index contributed by atoms with van der Waals surface area (Å²) in [5.74, 6) is 3.94. The van der Waals surface area contributed by atoms with Gasteiger partial charge in [-0.05, 0) is 79.4 Å². The van der Waals surface area contributed by atoms with E-state index in [1.165, 1.54) is 11.1 Å². The molecule has 0 aromatic heterocycles. The van der Waals surface area contributed by atoms with E-state index >= 15 is 0 Å². The summed E-state index contributed by atoms with van der Waals surface area (Å²) in [6.07, 6.45) is 2.77. The molecule has 0 bridgehead atoms. The molecule has 1 aliphatic heterocycles. The standard InChI is InChI=1S/C35H35NO4/c1-5-39-27-17-15-26(16-18-27)35-30(23-36-21-20-25-14-19-32(37-3)33(22-25)38-4)34(28-11-7-6-10-24(28)2)29-12-8-9-13-31(29)40-35/h6-19,22-23,34H,5,20-21H2,1-4H3/t34-/m1/s1. The summed E-state index contributed by atoms with van der Waals surface area (Å²) in [4.78, 5) is 4.93. The van der Waals surface area contributed by atoms with Gasteiger partial charge in [-0.3, -0.25) is 4.99 Å². The normalized spacial score (nSPS) is 14.6. The molecule has 0 amide bonds. The van der Waals surface area contributed by atoms with E-state index in [1.807, 2.05) is 49.5 Å². The minimum atomic E-state index is -0.0162. The van der Waals surface area contributed by atoms with Gasteiger partial charge in [0, 0.05) is 35.4 Å². The summed E-state index contributed by atoms with van der Waals surface area (Å²) in [7, 11) is 3.30. The maximum Gasteiger partial charge on any atom is 0.160 e. The van der Waals surface area contributed by atoms with Gasteiger partial charge in [0.25, 0.3) is 0 Å². The van der Waals surface area contributed by atoms with Crippen LogP contribution in [0.4, 0.5) is 0 Å². The van der Waals surface area contributed by atoms with E-state index in [0.717, 1.165) is 57.4 Å². The van der Waals surface area contributed by atoms with Crippen LogP contribution >= 0.6 is 0 Å². The number of aryl methyl sites for hydroxylation is 1. The van der Waals surface area contributed by atoms with Crippen LogP contribution in [-0.2, 0) is 6.42 Å². The zero-order valence-electron chi connectivity index (χ0n) is 23.5. The van der Waals surface area contributed by atoms with E-state index in [4.69, 9.17) is 23.9 Å². The average molecular weight is 534 g/mol. The molecule has 1 aliphatic rings. The molecule has 5 heteroatoms. The number of aliphatic imine (C=N–C) groups is 1. The summed E-state index contributed by atoms with van der Waals surface area (Å²) < 4.78 is 23.2. The Bertz CT molecular complexity index is 1520. The van der Waals surface area contributed by atoms with Crippen molar-refractivity contribution in [2.45, 2.75) is 26.2 Å². The van der Waals surface area contributed by atoms with Gasteiger partial charge in [-0.15, -0.1) is 0 Å². The van der Waals surface area contributed by atoms with Crippen molar-refractivity contribution < 1.29 is 18.9 Å². The number of rotatable bonds is 10. The number of benzene rings is 4. The summed E-state index contributed by atoms with van der Waals surface area (Å²) >= 11 is 0. The third-order valence-corrected chi connectivity index (χ3v) is 7.15. The maximum atomic E-state index is 6.61. The fourth-order valence-corrected chi connectivity index (χ4v) is 5.15. The van der Waals surface area contributed by atoms with E-state index in [9.17, 15) is 0 Å². The van der Waals surface area contributed by atoms with E-state index in [1.54, 1.807) is 14.2 Å². The summed E-state index contributed by atoms with van der Waals surface area (Å²) in [6, 6.07) is 30.9. The van der Waals surface area contributed by atoms with Gasteiger partial charge in [0.2, 0.25) is 0 Å². The molecule has 40 heavy (non-hydrogen) atoms. The van der Waals surface area contributed by atoms with Gasteiger partial charge in [0.15, 0.2) is 11.5 Å².